The molecule has 0 aliphatic rings. The molecule has 3 rings (SSSR count). The van der Waals surface area contributed by atoms with Crippen molar-refractivity contribution >= 4 is 22.1 Å². The Morgan fingerprint density at radius 1 is 0.875 bits per heavy atom. The smallest absolute Gasteiger partial charge is 0.0342 e. The Morgan fingerprint density at radius 2 is 1.69 bits per heavy atom. The Kier molecular flexibility index (Phi) is 2.26. The molecule has 0 unspecified atom stereocenters. The summed E-state index contributed by atoms with van der Waals surface area (Å²) in [6.45, 7) is 2.13. The Balaban J connectivity index is 2.20. The maximum absolute atomic E-state index is 2.26. The van der Waals surface area contributed by atoms with E-state index in [1.54, 1.807) is 11.3 Å². The summed E-state index contributed by atoms with van der Waals surface area (Å²) in [5.41, 5.74) is 2.63. The summed E-state index contributed by atoms with van der Waals surface area (Å²) in [5.74, 6) is 0. The highest BCUT2D eigenvalue weighted by molar-refractivity contribution is 7.13. The summed E-state index contributed by atoms with van der Waals surface area (Å²) in [6, 6.07) is 17.5. The minimum atomic E-state index is 1.31. The summed E-state index contributed by atoms with van der Waals surface area (Å²) < 4.78 is 0. The molecule has 0 amide bonds. The fourth-order valence-electron chi connectivity index (χ4n) is 1.96. The SMILES string of the molecule is Cc1ccc2cc(-c3cccs3)ccc2c1. The molecule has 1 heteroatoms. The second-order valence-electron chi connectivity index (χ2n) is 4.04. The lowest BCUT2D eigenvalue weighted by molar-refractivity contribution is 1.51. The predicted octanol–water partition coefficient (Wildman–Crippen LogP) is 4.88. The van der Waals surface area contributed by atoms with Gasteiger partial charge in [0.15, 0.2) is 0 Å². The summed E-state index contributed by atoms with van der Waals surface area (Å²) in [7, 11) is 0. The van der Waals surface area contributed by atoms with Gasteiger partial charge in [-0.15, -0.1) is 11.3 Å². The van der Waals surface area contributed by atoms with E-state index in [2.05, 4.69) is 60.8 Å². The van der Waals surface area contributed by atoms with Crippen molar-refractivity contribution in [2.75, 3.05) is 0 Å². The second kappa shape index (κ2) is 3.76. The maximum Gasteiger partial charge on any atom is 0.0342 e. The van der Waals surface area contributed by atoms with Crippen LogP contribution in [0.1, 0.15) is 5.56 Å². The summed E-state index contributed by atoms with van der Waals surface area (Å²) in [6.07, 6.45) is 0. The van der Waals surface area contributed by atoms with Crippen molar-refractivity contribution in [1.29, 1.82) is 0 Å². The van der Waals surface area contributed by atoms with Gasteiger partial charge in [0.2, 0.25) is 0 Å². The lowest BCUT2D eigenvalue weighted by Gasteiger charge is -2.02. The van der Waals surface area contributed by atoms with Crippen LogP contribution in [0.25, 0.3) is 21.2 Å². The van der Waals surface area contributed by atoms with Crippen LogP contribution in [0.5, 0.6) is 0 Å². The molecule has 0 fully saturated rings. The third-order valence-corrected chi connectivity index (χ3v) is 3.72. The third kappa shape index (κ3) is 1.63. The number of aryl methyl sites for hydroxylation is 1. The Labute approximate surface area is 99.2 Å². The molecule has 0 aliphatic heterocycles. The standard InChI is InChI=1S/C15H12S/c1-11-4-5-13-10-14(7-6-12(13)9-11)15-3-2-8-16-15/h2-10H,1H3. The number of thiophene rings is 1. The van der Waals surface area contributed by atoms with Crippen LogP contribution in [0.4, 0.5) is 0 Å². The average molecular weight is 224 g/mol. The summed E-state index contributed by atoms with van der Waals surface area (Å²) in [4.78, 5) is 1.34. The van der Waals surface area contributed by atoms with E-state index in [9.17, 15) is 0 Å². The van der Waals surface area contributed by atoms with Gasteiger partial charge in [0, 0.05) is 4.88 Å². The van der Waals surface area contributed by atoms with E-state index < -0.39 is 0 Å². The monoisotopic (exact) mass is 224 g/mol. The highest BCUT2D eigenvalue weighted by atomic mass is 32.1. The zero-order valence-electron chi connectivity index (χ0n) is 9.10. The lowest BCUT2D eigenvalue weighted by atomic mass is 10.0. The van der Waals surface area contributed by atoms with Crippen molar-refractivity contribution in [2.45, 2.75) is 6.92 Å². The van der Waals surface area contributed by atoms with Crippen molar-refractivity contribution < 1.29 is 0 Å². The quantitative estimate of drug-likeness (QED) is 0.553. The van der Waals surface area contributed by atoms with Gasteiger partial charge < -0.3 is 0 Å². The van der Waals surface area contributed by atoms with Crippen molar-refractivity contribution in [2.24, 2.45) is 0 Å². The first-order chi connectivity index (χ1) is 7.83. The predicted molar refractivity (Wildman–Crippen MR) is 72.0 cm³/mol. The van der Waals surface area contributed by atoms with Crippen LogP contribution < -0.4 is 0 Å². The molecular weight excluding hydrogens is 212 g/mol. The highest BCUT2D eigenvalue weighted by Crippen LogP contribution is 2.28. The van der Waals surface area contributed by atoms with Crippen LogP contribution in [0.3, 0.4) is 0 Å². The van der Waals surface area contributed by atoms with E-state index >= 15 is 0 Å². The number of fused-ring (bicyclic) bond motifs is 1. The molecule has 2 aromatic carbocycles. The first-order valence-electron chi connectivity index (χ1n) is 5.37. The van der Waals surface area contributed by atoms with Crippen molar-refractivity contribution in [3.63, 3.8) is 0 Å². The van der Waals surface area contributed by atoms with Crippen LogP contribution in [0.2, 0.25) is 0 Å². The molecule has 0 nitrogen and oxygen atoms in total. The topological polar surface area (TPSA) is 0 Å². The third-order valence-electron chi connectivity index (χ3n) is 2.80. The van der Waals surface area contributed by atoms with Gasteiger partial charge in [0.05, 0.1) is 0 Å². The number of benzene rings is 2. The highest BCUT2D eigenvalue weighted by Gasteiger charge is 2.00. The minimum Gasteiger partial charge on any atom is -0.144 e. The fraction of sp³-hybridized carbons (Fsp3) is 0.0667. The van der Waals surface area contributed by atoms with E-state index in [4.69, 9.17) is 0 Å². The van der Waals surface area contributed by atoms with Gasteiger partial charge in [-0.25, -0.2) is 0 Å². The molecule has 0 aliphatic carbocycles. The molecule has 0 atom stereocenters. The van der Waals surface area contributed by atoms with Gasteiger partial charge in [-0.05, 0) is 40.8 Å². The molecule has 3 aromatic rings. The van der Waals surface area contributed by atoms with Gasteiger partial charge >= 0.3 is 0 Å². The van der Waals surface area contributed by atoms with E-state index in [1.165, 1.54) is 26.8 Å². The number of hydrogen-bond donors (Lipinski definition) is 0. The largest absolute Gasteiger partial charge is 0.144 e. The van der Waals surface area contributed by atoms with Crippen molar-refractivity contribution in [3.05, 3.63) is 59.5 Å². The van der Waals surface area contributed by atoms with Crippen LogP contribution in [0.15, 0.2) is 53.9 Å². The number of hydrogen-bond acceptors (Lipinski definition) is 1. The van der Waals surface area contributed by atoms with Crippen molar-refractivity contribution in [1.82, 2.24) is 0 Å². The van der Waals surface area contributed by atoms with Crippen molar-refractivity contribution in [3.8, 4) is 10.4 Å². The van der Waals surface area contributed by atoms with E-state index in [0.29, 0.717) is 0 Å². The second-order valence-corrected chi connectivity index (χ2v) is 4.99. The minimum absolute atomic E-state index is 1.31. The molecule has 0 spiro atoms. The molecule has 16 heavy (non-hydrogen) atoms. The van der Waals surface area contributed by atoms with Crippen LogP contribution in [-0.4, -0.2) is 0 Å². The molecule has 1 aromatic heterocycles. The zero-order valence-corrected chi connectivity index (χ0v) is 9.92. The van der Waals surface area contributed by atoms with E-state index in [0.717, 1.165) is 0 Å². The molecule has 0 saturated carbocycles. The van der Waals surface area contributed by atoms with E-state index in [1.807, 2.05) is 0 Å². The molecule has 1 heterocycles. The molecule has 0 N–H and O–H groups in total. The molecule has 0 radical (unpaired) electrons. The summed E-state index contributed by atoms with van der Waals surface area (Å²) in [5, 5.41) is 4.76. The maximum atomic E-state index is 2.26. The van der Waals surface area contributed by atoms with Gasteiger partial charge in [-0.3, -0.25) is 0 Å². The number of rotatable bonds is 1. The van der Waals surface area contributed by atoms with Crippen LogP contribution in [0, 0.1) is 6.92 Å². The summed E-state index contributed by atoms with van der Waals surface area (Å²) >= 11 is 1.79. The van der Waals surface area contributed by atoms with Gasteiger partial charge in [0.1, 0.15) is 0 Å². The zero-order chi connectivity index (χ0) is 11.0. The normalized spacial score (nSPS) is 10.8. The van der Waals surface area contributed by atoms with Crippen LogP contribution >= 0.6 is 11.3 Å². The Morgan fingerprint density at radius 3 is 2.50 bits per heavy atom. The Hall–Kier alpha value is -1.60. The average Bonchev–Trinajstić information content (AvgIpc) is 2.82. The molecule has 0 saturated heterocycles. The molecular formula is C15H12S. The van der Waals surface area contributed by atoms with Gasteiger partial charge in [-0.1, -0.05) is 42.0 Å². The molecule has 78 valence electrons. The lowest BCUT2D eigenvalue weighted by Crippen LogP contribution is -1.77. The van der Waals surface area contributed by atoms with E-state index in [-0.39, 0.29) is 0 Å². The molecule has 0 bridgehead atoms. The van der Waals surface area contributed by atoms with Crippen LogP contribution in [-0.2, 0) is 0 Å². The van der Waals surface area contributed by atoms with Gasteiger partial charge in [-0.2, -0.15) is 0 Å². The first-order valence-corrected chi connectivity index (χ1v) is 6.25. The van der Waals surface area contributed by atoms with Gasteiger partial charge in [0.25, 0.3) is 0 Å². The fourth-order valence-corrected chi connectivity index (χ4v) is 2.69. The first kappa shape index (κ1) is 9.61. The Bertz CT molecular complexity index is 621.